The Morgan fingerprint density at radius 2 is 1.76 bits per heavy atom. The van der Waals surface area contributed by atoms with Crippen LogP contribution in [0.2, 0.25) is 0 Å². The molecule has 2 rings (SSSR count). The minimum absolute atomic E-state index is 0.450. The van der Waals surface area contributed by atoms with Crippen molar-refractivity contribution >= 4 is 0 Å². The van der Waals surface area contributed by atoms with Crippen molar-refractivity contribution in [1.82, 2.24) is 10.2 Å². The summed E-state index contributed by atoms with van der Waals surface area (Å²) in [7, 11) is 0. The zero-order valence-electron chi connectivity index (χ0n) is 11.8. The fourth-order valence-electron chi connectivity index (χ4n) is 3.46. The van der Waals surface area contributed by atoms with Crippen LogP contribution in [-0.4, -0.2) is 36.1 Å². The molecule has 0 radical (unpaired) electrons. The van der Waals surface area contributed by atoms with E-state index in [-0.39, 0.29) is 0 Å². The van der Waals surface area contributed by atoms with Crippen LogP contribution in [0.1, 0.15) is 65.2 Å². The molecular formula is C15H30N2. The van der Waals surface area contributed by atoms with Gasteiger partial charge in [0.15, 0.2) is 0 Å². The molecule has 1 heterocycles. The Kier molecular flexibility index (Phi) is 4.87. The molecule has 2 fully saturated rings. The van der Waals surface area contributed by atoms with Gasteiger partial charge in [0.1, 0.15) is 0 Å². The van der Waals surface area contributed by atoms with Gasteiger partial charge in [0.05, 0.1) is 0 Å². The van der Waals surface area contributed by atoms with Gasteiger partial charge < -0.3 is 5.32 Å². The minimum atomic E-state index is 0.450. The molecule has 1 saturated carbocycles. The first-order valence-corrected chi connectivity index (χ1v) is 7.67. The smallest absolute Gasteiger partial charge is 0.0154 e. The highest BCUT2D eigenvalue weighted by Crippen LogP contribution is 2.27. The first-order chi connectivity index (χ1) is 8.18. The van der Waals surface area contributed by atoms with Crippen LogP contribution in [0.4, 0.5) is 0 Å². The van der Waals surface area contributed by atoms with E-state index in [2.05, 4.69) is 24.1 Å². The highest BCUT2D eigenvalue weighted by atomic mass is 15.2. The van der Waals surface area contributed by atoms with E-state index in [1.165, 1.54) is 71.0 Å². The highest BCUT2D eigenvalue weighted by Gasteiger charge is 2.31. The molecule has 2 nitrogen and oxygen atoms in total. The van der Waals surface area contributed by atoms with Gasteiger partial charge in [0.2, 0.25) is 0 Å². The Morgan fingerprint density at radius 1 is 1.06 bits per heavy atom. The molecule has 2 heteroatoms. The maximum Gasteiger partial charge on any atom is 0.0154 e. The third-order valence-corrected chi connectivity index (χ3v) is 4.74. The molecule has 0 bridgehead atoms. The Hall–Kier alpha value is -0.0800. The lowest BCUT2D eigenvalue weighted by Crippen LogP contribution is -2.43. The van der Waals surface area contributed by atoms with Gasteiger partial charge in [-0.15, -0.1) is 0 Å². The summed E-state index contributed by atoms with van der Waals surface area (Å²) in [5.41, 5.74) is 0.450. The zero-order valence-corrected chi connectivity index (χ0v) is 11.8. The van der Waals surface area contributed by atoms with E-state index in [0.29, 0.717) is 5.54 Å². The van der Waals surface area contributed by atoms with Gasteiger partial charge in [-0.05, 0) is 46.1 Å². The summed E-state index contributed by atoms with van der Waals surface area (Å²) in [5.74, 6) is 0. The van der Waals surface area contributed by atoms with Gasteiger partial charge in [0, 0.05) is 24.7 Å². The van der Waals surface area contributed by atoms with E-state index in [1.807, 2.05) is 0 Å². The number of nitrogens with one attached hydrogen (secondary N) is 1. The van der Waals surface area contributed by atoms with Gasteiger partial charge in [-0.1, -0.05) is 25.7 Å². The van der Waals surface area contributed by atoms with Gasteiger partial charge in [-0.3, -0.25) is 4.90 Å². The van der Waals surface area contributed by atoms with Gasteiger partial charge >= 0.3 is 0 Å². The van der Waals surface area contributed by atoms with Crippen LogP contribution in [0, 0.1) is 0 Å². The number of nitrogens with zero attached hydrogens (tertiary/aromatic N) is 1. The fourth-order valence-corrected chi connectivity index (χ4v) is 3.46. The Balaban J connectivity index is 1.65. The molecule has 0 aromatic rings. The Labute approximate surface area is 107 Å². The molecule has 0 atom stereocenters. The minimum Gasteiger partial charge on any atom is -0.313 e. The lowest BCUT2D eigenvalue weighted by molar-refractivity contribution is 0.173. The first kappa shape index (κ1) is 13.4. The second-order valence-corrected chi connectivity index (χ2v) is 6.55. The summed E-state index contributed by atoms with van der Waals surface area (Å²) in [6.45, 7) is 8.52. The summed E-state index contributed by atoms with van der Waals surface area (Å²) >= 11 is 0. The summed E-state index contributed by atoms with van der Waals surface area (Å²) in [6, 6.07) is 0.809. The second kappa shape index (κ2) is 6.19. The molecule has 1 aliphatic carbocycles. The lowest BCUT2D eigenvalue weighted by atomic mass is 10.0. The third-order valence-electron chi connectivity index (χ3n) is 4.74. The molecule has 2 aliphatic rings. The van der Waals surface area contributed by atoms with E-state index >= 15 is 0 Å². The van der Waals surface area contributed by atoms with E-state index < -0.39 is 0 Å². The first-order valence-electron chi connectivity index (χ1n) is 7.67. The van der Waals surface area contributed by atoms with Crippen molar-refractivity contribution in [2.45, 2.75) is 76.8 Å². The second-order valence-electron chi connectivity index (χ2n) is 6.55. The molecule has 0 amide bonds. The third kappa shape index (κ3) is 3.96. The number of hydrogen-bond donors (Lipinski definition) is 1. The van der Waals surface area contributed by atoms with Crippen LogP contribution in [0.25, 0.3) is 0 Å². The maximum atomic E-state index is 3.78. The highest BCUT2D eigenvalue weighted by molar-refractivity contribution is 4.88. The molecule has 1 saturated heterocycles. The van der Waals surface area contributed by atoms with Gasteiger partial charge in [-0.25, -0.2) is 0 Å². The van der Waals surface area contributed by atoms with Crippen molar-refractivity contribution in [2.24, 2.45) is 0 Å². The molecular weight excluding hydrogens is 208 g/mol. The number of hydrogen-bond acceptors (Lipinski definition) is 2. The van der Waals surface area contributed by atoms with E-state index in [1.54, 1.807) is 0 Å². The molecule has 1 aliphatic heterocycles. The molecule has 1 N–H and O–H groups in total. The molecule has 17 heavy (non-hydrogen) atoms. The SMILES string of the molecule is CC1(C)CCCN1CCNC1CCCCCC1. The fraction of sp³-hybridized carbons (Fsp3) is 1.00. The van der Waals surface area contributed by atoms with Crippen molar-refractivity contribution in [3.8, 4) is 0 Å². The summed E-state index contributed by atoms with van der Waals surface area (Å²) in [4.78, 5) is 2.66. The van der Waals surface area contributed by atoms with Crippen LogP contribution < -0.4 is 5.32 Å². The van der Waals surface area contributed by atoms with Crippen LogP contribution in [0.3, 0.4) is 0 Å². The van der Waals surface area contributed by atoms with Crippen LogP contribution in [0.15, 0.2) is 0 Å². The Morgan fingerprint density at radius 3 is 2.35 bits per heavy atom. The normalized spacial score (nSPS) is 27.2. The van der Waals surface area contributed by atoms with Crippen LogP contribution in [0.5, 0.6) is 0 Å². The van der Waals surface area contributed by atoms with E-state index in [9.17, 15) is 0 Å². The predicted octanol–water partition coefficient (Wildman–Crippen LogP) is 3.17. The van der Waals surface area contributed by atoms with Crippen molar-refractivity contribution in [3.63, 3.8) is 0 Å². The van der Waals surface area contributed by atoms with Crippen molar-refractivity contribution in [2.75, 3.05) is 19.6 Å². The molecule has 0 unspecified atom stereocenters. The quantitative estimate of drug-likeness (QED) is 0.757. The van der Waals surface area contributed by atoms with Crippen molar-refractivity contribution in [3.05, 3.63) is 0 Å². The lowest BCUT2D eigenvalue weighted by Gasteiger charge is -2.32. The largest absolute Gasteiger partial charge is 0.313 e. The van der Waals surface area contributed by atoms with Crippen LogP contribution >= 0.6 is 0 Å². The standard InChI is InChI=1S/C15H30N2/c1-15(2)10-7-12-17(15)13-11-16-14-8-5-3-4-6-9-14/h14,16H,3-13H2,1-2H3. The van der Waals surface area contributed by atoms with Gasteiger partial charge in [0.25, 0.3) is 0 Å². The zero-order chi connectivity index (χ0) is 12.1. The molecule has 0 spiro atoms. The molecule has 0 aromatic heterocycles. The average Bonchev–Trinajstić information content (AvgIpc) is 2.53. The van der Waals surface area contributed by atoms with E-state index in [4.69, 9.17) is 0 Å². The van der Waals surface area contributed by atoms with Gasteiger partial charge in [-0.2, -0.15) is 0 Å². The number of likely N-dealkylation sites (tertiary alicyclic amines) is 1. The molecule has 100 valence electrons. The summed E-state index contributed by atoms with van der Waals surface area (Å²) in [5, 5.41) is 3.78. The van der Waals surface area contributed by atoms with E-state index in [0.717, 1.165) is 6.04 Å². The number of rotatable bonds is 4. The van der Waals surface area contributed by atoms with Crippen LogP contribution in [-0.2, 0) is 0 Å². The van der Waals surface area contributed by atoms with Crippen molar-refractivity contribution in [1.29, 1.82) is 0 Å². The summed E-state index contributed by atoms with van der Waals surface area (Å²) in [6.07, 6.45) is 11.4. The average molecular weight is 238 g/mol. The maximum absolute atomic E-state index is 3.78. The summed E-state index contributed by atoms with van der Waals surface area (Å²) < 4.78 is 0. The molecule has 0 aromatic carbocycles. The topological polar surface area (TPSA) is 15.3 Å². The Bertz CT molecular complexity index is 217. The predicted molar refractivity (Wildman–Crippen MR) is 74.4 cm³/mol. The monoisotopic (exact) mass is 238 g/mol. The van der Waals surface area contributed by atoms with Crippen molar-refractivity contribution < 1.29 is 0 Å².